The van der Waals surface area contributed by atoms with Crippen molar-refractivity contribution in [3.8, 4) is 5.19 Å². The first-order valence-electron chi connectivity index (χ1n) is 9.87. The first-order chi connectivity index (χ1) is 13.7. The van der Waals surface area contributed by atoms with E-state index < -0.39 is 10.5 Å². The molecule has 1 amide bonds. The van der Waals surface area contributed by atoms with Crippen LogP contribution in [0.1, 0.15) is 46.5 Å². The van der Waals surface area contributed by atoms with Crippen molar-refractivity contribution in [3.63, 3.8) is 0 Å². The fourth-order valence-electron chi connectivity index (χ4n) is 3.33. The zero-order chi connectivity index (χ0) is 21.0. The van der Waals surface area contributed by atoms with Crippen LogP contribution < -0.4 is 4.74 Å². The molecule has 3 rings (SSSR count). The van der Waals surface area contributed by atoms with E-state index in [0.717, 1.165) is 43.5 Å². The summed E-state index contributed by atoms with van der Waals surface area (Å²) in [7, 11) is 0. The molecule has 1 aromatic carbocycles. The molecule has 1 aliphatic heterocycles. The first-order valence-corrected chi connectivity index (χ1v) is 10.7. The summed E-state index contributed by atoms with van der Waals surface area (Å²) in [6, 6.07) is 4.65. The number of rotatable bonds is 6. The molecule has 0 bridgehead atoms. The third-order valence-electron chi connectivity index (χ3n) is 4.81. The van der Waals surface area contributed by atoms with Crippen molar-refractivity contribution >= 4 is 33.3 Å². The van der Waals surface area contributed by atoms with Gasteiger partial charge in [-0.05, 0) is 58.4 Å². The van der Waals surface area contributed by atoms with Gasteiger partial charge in [-0.3, -0.25) is 10.1 Å². The number of likely N-dealkylation sites (tertiary alicyclic amines) is 1. The fourth-order valence-corrected chi connectivity index (χ4v) is 4.15. The Labute approximate surface area is 174 Å². The minimum absolute atomic E-state index is 0.0343. The van der Waals surface area contributed by atoms with Gasteiger partial charge in [0.1, 0.15) is 5.60 Å². The van der Waals surface area contributed by atoms with Crippen LogP contribution in [0, 0.1) is 16.0 Å². The van der Waals surface area contributed by atoms with Gasteiger partial charge < -0.3 is 14.4 Å². The summed E-state index contributed by atoms with van der Waals surface area (Å²) < 4.78 is 12.1. The SMILES string of the molecule is CC(C)(C)OC(=O)N1CCC(CCCOc2nc3cc([N+](=O)[O-])ccc3s2)CC1. The number of benzene rings is 1. The molecule has 8 nitrogen and oxygen atoms in total. The van der Waals surface area contributed by atoms with E-state index in [1.54, 1.807) is 11.0 Å². The molecule has 1 fully saturated rings. The highest BCUT2D eigenvalue weighted by Gasteiger charge is 2.26. The molecule has 0 saturated carbocycles. The molecule has 1 aliphatic rings. The topological polar surface area (TPSA) is 94.8 Å². The highest BCUT2D eigenvalue weighted by Crippen LogP contribution is 2.30. The number of aromatic nitrogens is 1. The van der Waals surface area contributed by atoms with Gasteiger partial charge in [0.25, 0.3) is 10.9 Å². The number of hydrogen-bond acceptors (Lipinski definition) is 7. The number of carbonyl (C=O) groups is 1. The zero-order valence-electron chi connectivity index (χ0n) is 17.1. The number of nitro groups is 1. The maximum atomic E-state index is 12.1. The molecule has 9 heteroatoms. The maximum Gasteiger partial charge on any atom is 0.410 e. The number of piperidine rings is 1. The van der Waals surface area contributed by atoms with E-state index in [1.165, 1.54) is 23.5 Å². The summed E-state index contributed by atoms with van der Waals surface area (Å²) in [6.45, 7) is 7.67. The summed E-state index contributed by atoms with van der Waals surface area (Å²) >= 11 is 1.40. The van der Waals surface area contributed by atoms with E-state index in [0.29, 0.717) is 23.2 Å². The van der Waals surface area contributed by atoms with Crippen LogP contribution in [0.3, 0.4) is 0 Å². The summed E-state index contributed by atoms with van der Waals surface area (Å²) in [4.78, 5) is 28.7. The number of ether oxygens (including phenoxy) is 2. The minimum atomic E-state index is -0.461. The Morgan fingerprint density at radius 1 is 1.34 bits per heavy atom. The standard InChI is InChI=1S/C20H27N3O5S/c1-20(2,3)28-19(24)22-10-8-14(9-11-22)5-4-12-27-18-21-16-13-15(23(25)26)6-7-17(16)29-18/h6-7,13-14H,4-5,8-12H2,1-3H3. The molecule has 158 valence electrons. The third-order valence-corrected chi connectivity index (χ3v) is 5.76. The third kappa shape index (κ3) is 6.03. The van der Waals surface area contributed by atoms with Crippen molar-refractivity contribution in [3.05, 3.63) is 28.3 Å². The Bertz CT molecular complexity index is 869. The average Bonchev–Trinajstić information content (AvgIpc) is 3.06. The van der Waals surface area contributed by atoms with Gasteiger partial charge in [-0.25, -0.2) is 9.78 Å². The van der Waals surface area contributed by atoms with Crippen LogP contribution >= 0.6 is 11.3 Å². The number of amides is 1. The van der Waals surface area contributed by atoms with Crippen molar-refractivity contribution in [2.45, 2.75) is 52.1 Å². The monoisotopic (exact) mass is 421 g/mol. The van der Waals surface area contributed by atoms with Gasteiger partial charge in [0.05, 0.1) is 21.7 Å². The number of fused-ring (bicyclic) bond motifs is 1. The highest BCUT2D eigenvalue weighted by atomic mass is 32.1. The lowest BCUT2D eigenvalue weighted by Gasteiger charge is -2.33. The highest BCUT2D eigenvalue weighted by molar-refractivity contribution is 7.20. The van der Waals surface area contributed by atoms with Gasteiger partial charge >= 0.3 is 6.09 Å². The first kappa shape index (κ1) is 21.3. The number of nitro benzene ring substituents is 1. The summed E-state index contributed by atoms with van der Waals surface area (Å²) in [5.74, 6) is 0.579. The Morgan fingerprint density at radius 3 is 2.72 bits per heavy atom. The van der Waals surface area contributed by atoms with E-state index in [9.17, 15) is 14.9 Å². The Kier molecular flexibility index (Phi) is 6.56. The molecule has 1 saturated heterocycles. The molecule has 0 N–H and O–H groups in total. The Hall–Kier alpha value is -2.42. The van der Waals surface area contributed by atoms with Crippen molar-refractivity contribution in [2.75, 3.05) is 19.7 Å². The van der Waals surface area contributed by atoms with E-state index in [4.69, 9.17) is 9.47 Å². The van der Waals surface area contributed by atoms with Crippen LogP contribution in [0.5, 0.6) is 5.19 Å². The number of thiazole rings is 1. The van der Waals surface area contributed by atoms with Gasteiger partial charge in [0.15, 0.2) is 0 Å². The fraction of sp³-hybridized carbons (Fsp3) is 0.600. The van der Waals surface area contributed by atoms with Crippen LogP contribution in [0.4, 0.5) is 10.5 Å². The Morgan fingerprint density at radius 2 is 2.07 bits per heavy atom. The molecule has 0 atom stereocenters. The van der Waals surface area contributed by atoms with E-state index >= 15 is 0 Å². The second-order valence-electron chi connectivity index (χ2n) is 8.29. The van der Waals surface area contributed by atoms with Crippen molar-refractivity contribution in [1.82, 2.24) is 9.88 Å². The number of nitrogens with zero attached hydrogens (tertiary/aromatic N) is 3. The molecule has 2 heterocycles. The molecule has 0 aliphatic carbocycles. The molecule has 1 aromatic heterocycles. The van der Waals surface area contributed by atoms with Crippen molar-refractivity contribution < 1.29 is 19.2 Å². The van der Waals surface area contributed by atoms with Crippen LogP contribution in [0.25, 0.3) is 10.2 Å². The van der Waals surface area contributed by atoms with Gasteiger partial charge in [-0.1, -0.05) is 11.3 Å². The lowest BCUT2D eigenvalue weighted by Crippen LogP contribution is -2.41. The summed E-state index contributed by atoms with van der Waals surface area (Å²) in [5, 5.41) is 11.4. The second-order valence-corrected chi connectivity index (χ2v) is 9.28. The van der Waals surface area contributed by atoms with Gasteiger partial charge in [0, 0.05) is 25.2 Å². The molecular weight excluding hydrogens is 394 g/mol. The van der Waals surface area contributed by atoms with Gasteiger partial charge in [-0.15, -0.1) is 0 Å². The number of carbonyl (C=O) groups excluding carboxylic acids is 1. The molecule has 0 unspecified atom stereocenters. The molecular formula is C20H27N3O5S. The average molecular weight is 422 g/mol. The zero-order valence-corrected chi connectivity index (χ0v) is 17.9. The van der Waals surface area contributed by atoms with Gasteiger partial charge in [-0.2, -0.15) is 0 Å². The summed E-state index contributed by atoms with van der Waals surface area (Å²) in [5.41, 5.74) is 0.164. The van der Waals surface area contributed by atoms with Crippen molar-refractivity contribution in [1.29, 1.82) is 0 Å². The van der Waals surface area contributed by atoms with Crippen LogP contribution in [0.2, 0.25) is 0 Å². The van der Waals surface area contributed by atoms with E-state index in [-0.39, 0.29) is 11.8 Å². The predicted molar refractivity (Wildman–Crippen MR) is 112 cm³/mol. The molecule has 2 aromatic rings. The largest absolute Gasteiger partial charge is 0.470 e. The van der Waals surface area contributed by atoms with Crippen LogP contribution in [0.15, 0.2) is 18.2 Å². The number of hydrogen-bond donors (Lipinski definition) is 0. The number of non-ortho nitro benzene ring substituents is 1. The quantitative estimate of drug-likeness (QED) is 0.370. The maximum absolute atomic E-state index is 12.1. The van der Waals surface area contributed by atoms with Crippen LogP contribution in [-0.4, -0.2) is 46.2 Å². The normalized spacial score (nSPS) is 15.5. The Balaban J connectivity index is 1.39. The lowest BCUT2D eigenvalue weighted by molar-refractivity contribution is -0.384. The van der Waals surface area contributed by atoms with Gasteiger partial charge in [0.2, 0.25) is 0 Å². The molecule has 0 spiro atoms. The molecule has 0 radical (unpaired) electrons. The lowest BCUT2D eigenvalue weighted by atomic mass is 9.92. The van der Waals surface area contributed by atoms with Crippen LogP contribution in [-0.2, 0) is 4.74 Å². The van der Waals surface area contributed by atoms with Crippen molar-refractivity contribution in [2.24, 2.45) is 5.92 Å². The smallest absolute Gasteiger partial charge is 0.410 e. The second kappa shape index (κ2) is 8.94. The summed E-state index contributed by atoms with van der Waals surface area (Å²) in [6.07, 6.45) is 3.68. The minimum Gasteiger partial charge on any atom is -0.470 e. The van der Waals surface area contributed by atoms with E-state index in [2.05, 4.69) is 4.98 Å². The predicted octanol–water partition coefficient (Wildman–Crippen LogP) is 5.01. The molecule has 29 heavy (non-hydrogen) atoms. The van der Waals surface area contributed by atoms with E-state index in [1.807, 2.05) is 20.8 Å².